The molecule has 0 unspecified atom stereocenters. The number of aromatic nitrogens is 1. The summed E-state index contributed by atoms with van der Waals surface area (Å²) in [5, 5.41) is 0. The van der Waals surface area contributed by atoms with E-state index in [1.165, 1.54) is 24.0 Å². The first kappa shape index (κ1) is 15.9. The predicted octanol–water partition coefficient (Wildman–Crippen LogP) is 3.91. The van der Waals surface area contributed by atoms with Crippen molar-refractivity contribution in [3.63, 3.8) is 0 Å². The first-order valence-corrected chi connectivity index (χ1v) is 6.08. The molecule has 1 rings (SSSR count). The summed E-state index contributed by atoms with van der Waals surface area (Å²) in [5.74, 6) is 0. The lowest BCUT2D eigenvalue weighted by molar-refractivity contribution is 0.908. The van der Waals surface area contributed by atoms with E-state index in [4.69, 9.17) is 0 Å². The Bertz CT molecular complexity index is 211. The van der Waals surface area contributed by atoms with Gasteiger partial charge in [0.15, 0.2) is 0 Å². The second kappa shape index (κ2) is 12.5. The van der Waals surface area contributed by atoms with Crippen molar-refractivity contribution in [3.05, 3.63) is 29.6 Å². The molecule has 0 bridgehead atoms. The molecule has 0 saturated carbocycles. The quantitative estimate of drug-likeness (QED) is 0.735. The smallest absolute Gasteiger partial charge is 0.0299 e. The molecule has 1 heterocycles. The first-order valence-electron chi connectivity index (χ1n) is 5.18. The molecule has 0 aromatic carbocycles. The van der Waals surface area contributed by atoms with Crippen molar-refractivity contribution in [1.82, 2.24) is 4.98 Å². The maximum absolute atomic E-state index is 4.03. The van der Waals surface area contributed by atoms with Crippen molar-refractivity contribution >= 4 is 12.6 Å². The largest absolute Gasteiger partial charge is 0.264 e. The van der Waals surface area contributed by atoms with E-state index in [1.54, 1.807) is 6.26 Å². The first-order chi connectivity index (χ1) is 6.84. The molecule has 1 nitrogen and oxygen atoms in total. The van der Waals surface area contributed by atoms with Gasteiger partial charge in [0, 0.05) is 12.4 Å². The highest BCUT2D eigenvalue weighted by Gasteiger charge is 1.93. The minimum atomic E-state index is 1.17. The Balaban J connectivity index is 0. The van der Waals surface area contributed by atoms with Gasteiger partial charge in [-0.1, -0.05) is 27.2 Å². The molecule has 0 spiro atoms. The third kappa shape index (κ3) is 6.96. The molecule has 1 aromatic heterocycles. The highest BCUT2D eigenvalue weighted by Crippen LogP contribution is 2.06. The van der Waals surface area contributed by atoms with Gasteiger partial charge in [-0.25, -0.2) is 0 Å². The molecular weight excluding hydrogens is 190 g/mol. The average Bonchev–Trinajstić information content (AvgIpc) is 2.28. The van der Waals surface area contributed by atoms with Crippen molar-refractivity contribution in [2.75, 3.05) is 6.26 Å². The van der Waals surface area contributed by atoms with Gasteiger partial charge < -0.3 is 0 Å². The summed E-state index contributed by atoms with van der Waals surface area (Å²) in [6.07, 6.45) is 7.86. The van der Waals surface area contributed by atoms with Crippen molar-refractivity contribution in [3.8, 4) is 0 Å². The number of nitrogens with zero attached hydrogens (tertiary/aromatic N) is 1. The lowest BCUT2D eigenvalue weighted by Gasteiger charge is -2.00. The van der Waals surface area contributed by atoms with Gasteiger partial charge in [0.05, 0.1) is 0 Å². The van der Waals surface area contributed by atoms with Gasteiger partial charge in [-0.05, 0) is 36.8 Å². The lowest BCUT2D eigenvalue weighted by Crippen LogP contribution is -1.88. The van der Waals surface area contributed by atoms with Crippen LogP contribution in [0.1, 0.15) is 38.3 Å². The van der Waals surface area contributed by atoms with Crippen LogP contribution < -0.4 is 0 Å². The van der Waals surface area contributed by atoms with Gasteiger partial charge in [0.1, 0.15) is 0 Å². The number of rotatable bonds is 2. The highest BCUT2D eigenvalue weighted by molar-refractivity contribution is 7.79. The van der Waals surface area contributed by atoms with Crippen LogP contribution in [-0.2, 0) is 6.42 Å². The number of hydrogen-bond acceptors (Lipinski definition) is 2. The van der Waals surface area contributed by atoms with E-state index < -0.39 is 0 Å². The number of pyridine rings is 1. The van der Waals surface area contributed by atoms with Crippen LogP contribution in [-0.4, -0.2) is 11.2 Å². The molecule has 0 aliphatic rings. The van der Waals surface area contributed by atoms with Crippen molar-refractivity contribution in [2.45, 2.75) is 40.5 Å². The standard InChI is InChI=1S/C9H13N.C2H6.CH4S/c1-3-4-9-5-6-10-7-8(9)2;2*1-2/h5-7H,3-4H2,1-2H3;1-2H3;2H,1H3. The summed E-state index contributed by atoms with van der Waals surface area (Å²) in [5.41, 5.74) is 2.74. The fourth-order valence-electron chi connectivity index (χ4n) is 1.05. The van der Waals surface area contributed by atoms with Crippen molar-refractivity contribution < 1.29 is 0 Å². The van der Waals surface area contributed by atoms with E-state index in [0.717, 1.165) is 0 Å². The van der Waals surface area contributed by atoms with Gasteiger partial charge in [0.2, 0.25) is 0 Å². The topological polar surface area (TPSA) is 12.9 Å². The second-order valence-corrected chi connectivity index (χ2v) is 2.55. The third-order valence-corrected chi connectivity index (χ3v) is 1.66. The predicted molar refractivity (Wildman–Crippen MR) is 69.2 cm³/mol. The lowest BCUT2D eigenvalue weighted by atomic mass is 10.1. The number of thiol groups is 1. The molecule has 0 atom stereocenters. The Morgan fingerprint density at radius 2 is 1.86 bits per heavy atom. The van der Waals surface area contributed by atoms with E-state index >= 15 is 0 Å². The summed E-state index contributed by atoms with van der Waals surface area (Å²) >= 11 is 3.53. The van der Waals surface area contributed by atoms with E-state index in [1.807, 2.05) is 26.2 Å². The van der Waals surface area contributed by atoms with Gasteiger partial charge in [-0.15, -0.1) is 0 Å². The zero-order valence-corrected chi connectivity index (χ0v) is 10.9. The summed E-state index contributed by atoms with van der Waals surface area (Å²) in [6.45, 7) is 8.30. The maximum atomic E-state index is 4.03. The molecular formula is C12H23NS. The molecule has 0 aliphatic heterocycles. The van der Waals surface area contributed by atoms with Crippen LogP contribution in [0.25, 0.3) is 0 Å². The fourth-order valence-corrected chi connectivity index (χ4v) is 1.05. The van der Waals surface area contributed by atoms with Crippen LogP contribution in [0, 0.1) is 6.92 Å². The van der Waals surface area contributed by atoms with Crippen molar-refractivity contribution in [1.29, 1.82) is 0 Å². The Labute approximate surface area is 94.4 Å². The van der Waals surface area contributed by atoms with Gasteiger partial charge in [-0.2, -0.15) is 12.6 Å². The van der Waals surface area contributed by atoms with Crippen molar-refractivity contribution in [2.24, 2.45) is 0 Å². The Kier molecular flexibility index (Phi) is 14.2. The monoisotopic (exact) mass is 213 g/mol. The van der Waals surface area contributed by atoms with Gasteiger partial charge in [-0.3, -0.25) is 4.98 Å². The Morgan fingerprint density at radius 3 is 2.29 bits per heavy atom. The normalized spacial score (nSPS) is 7.86. The summed E-state index contributed by atoms with van der Waals surface area (Å²) < 4.78 is 0. The third-order valence-electron chi connectivity index (χ3n) is 1.66. The SMILES string of the molecule is CC.CCCc1ccncc1C.CS. The molecule has 0 fully saturated rings. The summed E-state index contributed by atoms with van der Waals surface area (Å²) in [7, 11) is 0. The number of hydrogen-bond donors (Lipinski definition) is 1. The Morgan fingerprint density at radius 1 is 1.29 bits per heavy atom. The van der Waals surface area contributed by atoms with E-state index in [0.29, 0.717) is 0 Å². The van der Waals surface area contributed by atoms with Crippen LogP contribution in [0.2, 0.25) is 0 Å². The van der Waals surface area contributed by atoms with Gasteiger partial charge >= 0.3 is 0 Å². The fraction of sp³-hybridized carbons (Fsp3) is 0.583. The molecule has 14 heavy (non-hydrogen) atoms. The molecule has 1 aromatic rings. The minimum Gasteiger partial charge on any atom is -0.264 e. The van der Waals surface area contributed by atoms with Crippen LogP contribution in [0.4, 0.5) is 0 Å². The van der Waals surface area contributed by atoms with E-state index in [-0.39, 0.29) is 0 Å². The second-order valence-electron chi connectivity index (χ2n) is 2.55. The maximum Gasteiger partial charge on any atom is 0.0299 e. The molecule has 82 valence electrons. The van der Waals surface area contributed by atoms with E-state index in [9.17, 15) is 0 Å². The molecule has 0 N–H and O–H groups in total. The minimum absolute atomic E-state index is 1.17. The number of aryl methyl sites for hydroxylation is 2. The zero-order valence-electron chi connectivity index (χ0n) is 10.0. The van der Waals surface area contributed by atoms with Gasteiger partial charge in [0.25, 0.3) is 0 Å². The van der Waals surface area contributed by atoms with E-state index in [2.05, 4.69) is 37.5 Å². The Hall–Kier alpha value is -0.500. The zero-order chi connectivity index (χ0) is 11.4. The molecule has 2 heteroatoms. The molecule has 0 amide bonds. The van der Waals surface area contributed by atoms with Crippen LogP contribution >= 0.6 is 12.6 Å². The molecule has 0 aliphatic carbocycles. The van der Waals surface area contributed by atoms with Crippen LogP contribution in [0.15, 0.2) is 18.5 Å². The van der Waals surface area contributed by atoms with Crippen LogP contribution in [0.5, 0.6) is 0 Å². The molecule has 0 saturated heterocycles. The molecule has 0 radical (unpaired) electrons. The average molecular weight is 213 g/mol. The highest BCUT2D eigenvalue weighted by atomic mass is 32.1. The van der Waals surface area contributed by atoms with Crippen LogP contribution in [0.3, 0.4) is 0 Å². The summed E-state index contributed by atoms with van der Waals surface area (Å²) in [4.78, 5) is 4.03. The summed E-state index contributed by atoms with van der Waals surface area (Å²) in [6, 6.07) is 2.10.